The Labute approximate surface area is 111 Å². The lowest BCUT2D eigenvalue weighted by molar-refractivity contribution is -0.124. The van der Waals surface area contributed by atoms with Crippen LogP contribution in [0.2, 0.25) is 0 Å². The van der Waals surface area contributed by atoms with Crippen molar-refractivity contribution in [1.82, 2.24) is 25.1 Å². The Morgan fingerprint density at radius 2 is 2.47 bits per heavy atom. The lowest BCUT2D eigenvalue weighted by atomic mass is 10.3. The van der Waals surface area contributed by atoms with Crippen LogP contribution in [-0.4, -0.2) is 32.8 Å². The smallest absolute Gasteiger partial charge is 0.243 e. The van der Waals surface area contributed by atoms with Crippen molar-refractivity contribution in [3.63, 3.8) is 0 Å². The summed E-state index contributed by atoms with van der Waals surface area (Å²) >= 11 is 0. The van der Waals surface area contributed by atoms with Crippen molar-refractivity contribution in [3.05, 3.63) is 36.2 Å². The highest BCUT2D eigenvalue weighted by Gasteiger charge is 2.13. The van der Waals surface area contributed by atoms with Gasteiger partial charge >= 0.3 is 0 Å². The lowest BCUT2D eigenvalue weighted by Crippen LogP contribution is -2.30. The number of nitrogens with zero attached hydrogens (tertiary/aromatic N) is 3. The summed E-state index contributed by atoms with van der Waals surface area (Å²) in [6.07, 6.45) is 5.03. The quantitative estimate of drug-likeness (QED) is 0.800. The molecular weight excluding hydrogens is 246 g/mol. The van der Waals surface area contributed by atoms with E-state index in [1.807, 2.05) is 13.0 Å². The third-order valence-electron chi connectivity index (χ3n) is 2.78. The minimum atomic E-state index is -0.288. The van der Waals surface area contributed by atoms with Gasteiger partial charge in [0.1, 0.15) is 6.04 Å². The zero-order chi connectivity index (χ0) is 13.7. The fourth-order valence-electron chi connectivity index (χ4n) is 1.69. The topological polar surface area (TPSA) is 84.8 Å². The highest BCUT2D eigenvalue weighted by Crippen LogP contribution is 2.05. The van der Waals surface area contributed by atoms with Gasteiger partial charge in [0.05, 0.1) is 30.9 Å². The van der Waals surface area contributed by atoms with E-state index >= 15 is 0 Å². The van der Waals surface area contributed by atoms with E-state index in [0.717, 1.165) is 11.4 Å². The number of hydrogen-bond donors (Lipinski definition) is 2. The summed E-state index contributed by atoms with van der Waals surface area (Å²) in [5.41, 5.74) is 1.66. The molecule has 0 aromatic carbocycles. The Balaban J connectivity index is 1.85. The number of nitrogens with one attached hydrogen (secondary N) is 2. The van der Waals surface area contributed by atoms with E-state index in [4.69, 9.17) is 4.74 Å². The molecule has 2 N–H and O–H groups in total. The van der Waals surface area contributed by atoms with Gasteiger partial charge in [0.25, 0.3) is 0 Å². The van der Waals surface area contributed by atoms with Gasteiger partial charge in [0.15, 0.2) is 0 Å². The van der Waals surface area contributed by atoms with Gasteiger partial charge in [-0.25, -0.2) is 4.98 Å². The van der Waals surface area contributed by atoms with Crippen LogP contribution in [0.4, 0.5) is 0 Å². The first-order valence-corrected chi connectivity index (χ1v) is 5.98. The van der Waals surface area contributed by atoms with E-state index in [-0.39, 0.29) is 11.9 Å². The first kappa shape index (κ1) is 13.3. The van der Waals surface area contributed by atoms with Crippen LogP contribution >= 0.6 is 0 Å². The number of amides is 1. The van der Waals surface area contributed by atoms with E-state index < -0.39 is 0 Å². The molecule has 2 aromatic rings. The fraction of sp³-hybridized carbons (Fsp3) is 0.417. The second kappa shape index (κ2) is 6.14. The molecule has 0 aliphatic heterocycles. The summed E-state index contributed by atoms with van der Waals surface area (Å²) in [7, 11) is 1.61. The molecule has 0 bridgehead atoms. The molecule has 2 rings (SSSR count). The molecule has 7 heteroatoms. The van der Waals surface area contributed by atoms with E-state index in [1.165, 1.54) is 0 Å². The Bertz CT molecular complexity index is 520. The normalized spacial score (nSPS) is 12.3. The van der Waals surface area contributed by atoms with Crippen molar-refractivity contribution in [1.29, 1.82) is 0 Å². The third-order valence-corrected chi connectivity index (χ3v) is 2.78. The van der Waals surface area contributed by atoms with Gasteiger partial charge in [0, 0.05) is 19.5 Å². The zero-order valence-corrected chi connectivity index (χ0v) is 11.0. The van der Waals surface area contributed by atoms with Crippen molar-refractivity contribution in [2.75, 3.05) is 7.11 Å². The SMILES string of the molecule is COCc1cc(CNC(=O)[C@@H](C)n2ccnc2)[nH]n1. The highest BCUT2D eigenvalue weighted by molar-refractivity contribution is 5.79. The summed E-state index contributed by atoms with van der Waals surface area (Å²) < 4.78 is 6.72. The molecule has 0 spiro atoms. The van der Waals surface area contributed by atoms with E-state index in [1.54, 1.807) is 30.4 Å². The maximum absolute atomic E-state index is 11.9. The first-order chi connectivity index (χ1) is 9.20. The Morgan fingerprint density at radius 1 is 1.63 bits per heavy atom. The van der Waals surface area contributed by atoms with Crippen molar-refractivity contribution >= 4 is 5.91 Å². The summed E-state index contributed by atoms with van der Waals surface area (Å²) in [5, 5.41) is 9.76. The molecule has 0 aliphatic rings. The monoisotopic (exact) mass is 263 g/mol. The summed E-state index contributed by atoms with van der Waals surface area (Å²) in [4.78, 5) is 15.8. The fourth-order valence-corrected chi connectivity index (χ4v) is 1.69. The number of ether oxygens (including phenoxy) is 1. The average Bonchev–Trinajstić information content (AvgIpc) is 3.06. The number of hydrogen-bond acceptors (Lipinski definition) is 4. The van der Waals surface area contributed by atoms with Gasteiger partial charge in [0.2, 0.25) is 5.91 Å². The molecule has 102 valence electrons. The van der Waals surface area contributed by atoms with E-state index in [0.29, 0.717) is 13.2 Å². The molecule has 2 aromatic heterocycles. The summed E-state index contributed by atoms with van der Waals surface area (Å²) in [6.45, 7) is 2.69. The molecule has 0 saturated heterocycles. The Hall–Kier alpha value is -2.15. The van der Waals surface area contributed by atoms with E-state index in [2.05, 4.69) is 20.5 Å². The van der Waals surface area contributed by atoms with Crippen LogP contribution in [0.1, 0.15) is 24.4 Å². The number of H-pyrrole nitrogens is 1. The van der Waals surface area contributed by atoms with Gasteiger partial charge in [-0.15, -0.1) is 0 Å². The van der Waals surface area contributed by atoms with Gasteiger partial charge in [-0.1, -0.05) is 0 Å². The molecule has 19 heavy (non-hydrogen) atoms. The number of carbonyl (C=O) groups is 1. The second-order valence-electron chi connectivity index (χ2n) is 4.22. The maximum Gasteiger partial charge on any atom is 0.243 e. The maximum atomic E-state index is 11.9. The van der Waals surface area contributed by atoms with Crippen LogP contribution in [0.5, 0.6) is 0 Å². The number of aromatic nitrogens is 4. The van der Waals surface area contributed by atoms with Crippen LogP contribution in [0, 0.1) is 0 Å². The molecule has 0 radical (unpaired) electrons. The van der Waals surface area contributed by atoms with Crippen LogP contribution in [0.3, 0.4) is 0 Å². The van der Waals surface area contributed by atoms with Crippen LogP contribution < -0.4 is 5.32 Å². The van der Waals surface area contributed by atoms with Crippen LogP contribution in [0.25, 0.3) is 0 Å². The zero-order valence-electron chi connectivity index (χ0n) is 11.0. The van der Waals surface area contributed by atoms with Gasteiger partial charge in [-0.3, -0.25) is 9.89 Å². The molecule has 7 nitrogen and oxygen atoms in total. The van der Waals surface area contributed by atoms with Gasteiger partial charge in [-0.2, -0.15) is 5.10 Å². The molecule has 2 heterocycles. The predicted octanol–water partition coefficient (Wildman–Crippen LogP) is 0.630. The molecule has 1 amide bonds. The number of imidazole rings is 1. The number of rotatable bonds is 6. The minimum Gasteiger partial charge on any atom is -0.378 e. The largest absolute Gasteiger partial charge is 0.378 e. The predicted molar refractivity (Wildman–Crippen MR) is 68.1 cm³/mol. The van der Waals surface area contributed by atoms with Crippen molar-refractivity contribution in [2.24, 2.45) is 0 Å². The average molecular weight is 263 g/mol. The second-order valence-corrected chi connectivity index (χ2v) is 4.22. The molecular formula is C12H17N5O2. The number of carbonyl (C=O) groups excluding carboxylic acids is 1. The molecule has 0 fully saturated rings. The highest BCUT2D eigenvalue weighted by atomic mass is 16.5. The molecule has 0 saturated carbocycles. The van der Waals surface area contributed by atoms with Crippen molar-refractivity contribution < 1.29 is 9.53 Å². The number of aromatic amines is 1. The minimum absolute atomic E-state index is 0.0686. The summed E-state index contributed by atoms with van der Waals surface area (Å²) in [6, 6.07) is 1.58. The lowest BCUT2D eigenvalue weighted by Gasteiger charge is -2.12. The standard InChI is InChI=1S/C12H17N5O2/c1-9(17-4-3-13-8-17)12(18)14-6-10-5-11(7-19-2)16-15-10/h3-5,8-9H,6-7H2,1-2H3,(H,14,18)(H,15,16)/t9-/m1/s1. The van der Waals surface area contributed by atoms with Crippen molar-refractivity contribution in [3.8, 4) is 0 Å². The van der Waals surface area contributed by atoms with Gasteiger partial charge in [-0.05, 0) is 13.0 Å². The Kier molecular flexibility index (Phi) is 4.30. The molecule has 1 atom stereocenters. The van der Waals surface area contributed by atoms with Crippen LogP contribution in [-0.2, 0) is 22.7 Å². The van der Waals surface area contributed by atoms with Gasteiger partial charge < -0.3 is 14.6 Å². The van der Waals surface area contributed by atoms with Crippen LogP contribution in [0.15, 0.2) is 24.8 Å². The molecule has 0 aliphatic carbocycles. The first-order valence-electron chi connectivity index (χ1n) is 5.98. The molecule has 0 unspecified atom stereocenters. The third kappa shape index (κ3) is 3.41. The Morgan fingerprint density at radius 3 is 3.16 bits per heavy atom. The summed E-state index contributed by atoms with van der Waals surface area (Å²) in [5.74, 6) is -0.0686. The van der Waals surface area contributed by atoms with E-state index in [9.17, 15) is 4.79 Å². The van der Waals surface area contributed by atoms with Crippen molar-refractivity contribution in [2.45, 2.75) is 26.1 Å². The number of methoxy groups -OCH3 is 1.